The molecular formula is C12H14ClFN2O4S. The van der Waals surface area contributed by atoms with Crippen molar-refractivity contribution in [1.29, 1.82) is 0 Å². The molecule has 0 radical (unpaired) electrons. The zero-order chi connectivity index (χ0) is 16.0. The van der Waals surface area contributed by atoms with E-state index in [4.69, 9.17) is 11.6 Å². The summed E-state index contributed by atoms with van der Waals surface area (Å²) in [5, 5.41) is 4.56. The predicted molar refractivity (Wildman–Crippen MR) is 77.4 cm³/mol. The number of hydrogen-bond acceptors (Lipinski definition) is 4. The molecule has 6 nitrogen and oxygen atoms in total. The lowest BCUT2D eigenvalue weighted by atomic mass is 10.3. The lowest BCUT2D eigenvalue weighted by molar-refractivity contribution is -0.123. The van der Waals surface area contributed by atoms with Crippen molar-refractivity contribution in [1.82, 2.24) is 5.32 Å². The summed E-state index contributed by atoms with van der Waals surface area (Å²) in [5.74, 6) is -1.98. The van der Waals surface area contributed by atoms with Crippen molar-refractivity contribution in [3.05, 3.63) is 29.0 Å². The first-order valence-electron chi connectivity index (χ1n) is 5.87. The summed E-state index contributed by atoms with van der Waals surface area (Å²) < 4.78 is 34.7. The molecule has 0 aromatic heterocycles. The third-order valence-corrected chi connectivity index (χ3v) is 3.58. The van der Waals surface area contributed by atoms with Crippen molar-refractivity contribution >= 4 is 38.9 Å². The second-order valence-corrected chi connectivity index (χ2v) is 7.00. The molecule has 0 spiro atoms. The first kappa shape index (κ1) is 17.4. The van der Waals surface area contributed by atoms with E-state index in [1.165, 1.54) is 12.1 Å². The van der Waals surface area contributed by atoms with E-state index in [0.29, 0.717) is 0 Å². The van der Waals surface area contributed by atoms with Crippen molar-refractivity contribution < 1.29 is 22.4 Å². The third kappa shape index (κ3) is 7.05. The minimum absolute atomic E-state index is 0.134. The fourth-order valence-corrected chi connectivity index (χ4v) is 2.06. The average molecular weight is 337 g/mol. The molecule has 0 unspecified atom stereocenters. The fraction of sp³-hybridized carbons (Fsp3) is 0.333. The molecule has 1 aromatic carbocycles. The van der Waals surface area contributed by atoms with Gasteiger partial charge in [0.1, 0.15) is 15.7 Å². The molecule has 9 heteroatoms. The van der Waals surface area contributed by atoms with E-state index < -0.39 is 27.5 Å². The van der Waals surface area contributed by atoms with Gasteiger partial charge in [-0.05, 0) is 18.2 Å². The number of hydrogen-bond donors (Lipinski definition) is 2. The summed E-state index contributed by atoms with van der Waals surface area (Å²) >= 11 is 5.56. The highest BCUT2D eigenvalue weighted by atomic mass is 35.5. The van der Waals surface area contributed by atoms with Crippen molar-refractivity contribution in [2.24, 2.45) is 0 Å². The highest BCUT2D eigenvalue weighted by Crippen LogP contribution is 2.19. The summed E-state index contributed by atoms with van der Waals surface area (Å²) in [6.07, 6.45) is 0.805. The van der Waals surface area contributed by atoms with Crippen LogP contribution in [0, 0.1) is 5.82 Å². The van der Waals surface area contributed by atoms with Crippen LogP contribution in [0.25, 0.3) is 0 Å². The molecule has 116 valence electrons. The Kier molecular flexibility index (Phi) is 6.10. The Morgan fingerprint density at radius 2 is 1.95 bits per heavy atom. The first-order valence-corrected chi connectivity index (χ1v) is 8.30. The summed E-state index contributed by atoms with van der Waals surface area (Å²) in [4.78, 5) is 22.9. The van der Waals surface area contributed by atoms with Crippen LogP contribution in [0.1, 0.15) is 6.42 Å². The number of nitrogens with one attached hydrogen (secondary N) is 2. The molecule has 21 heavy (non-hydrogen) atoms. The van der Waals surface area contributed by atoms with Gasteiger partial charge in [-0.1, -0.05) is 11.6 Å². The molecule has 0 heterocycles. The zero-order valence-electron chi connectivity index (χ0n) is 11.2. The predicted octanol–water partition coefficient (Wildman–Crippen LogP) is 0.969. The van der Waals surface area contributed by atoms with Crippen LogP contribution in [-0.2, 0) is 19.4 Å². The van der Waals surface area contributed by atoms with E-state index in [1.807, 2.05) is 0 Å². The first-order chi connectivity index (χ1) is 9.67. The van der Waals surface area contributed by atoms with Gasteiger partial charge in [-0.15, -0.1) is 0 Å². The topological polar surface area (TPSA) is 92.3 Å². The minimum atomic E-state index is -3.23. The quantitative estimate of drug-likeness (QED) is 0.809. The molecule has 1 aromatic rings. The van der Waals surface area contributed by atoms with Crippen molar-refractivity contribution in [3.63, 3.8) is 0 Å². The number of carbonyl (C=O) groups excluding carboxylic acids is 2. The third-order valence-electron chi connectivity index (χ3n) is 2.35. The summed E-state index contributed by atoms with van der Waals surface area (Å²) in [5.41, 5.74) is 0.289. The lowest BCUT2D eigenvalue weighted by Crippen LogP contribution is -2.33. The molecule has 0 aliphatic carbocycles. The maximum absolute atomic E-state index is 12.9. The van der Waals surface area contributed by atoms with Gasteiger partial charge in [-0.2, -0.15) is 0 Å². The Balaban J connectivity index is 2.40. The maximum Gasteiger partial charge on any atom is 0.243 e. The second kappa shape index (κ2) is 7.37. The molecule has 0 aliphatic rings. The van der Waals surface area contributed by atoms with Crippen LogP contribution in [0.5, 0.6) is 0 Å². The van der Waals surface area contributed by atoms with Crippen molar-refractivity contribution in [2.75, 3.05) is 23.9 Å². The molecule has 2 N–H and O–H groups in total. The van der Waals surface area contributed by atoms with E-state index in [2.05, 4.69) is 10.6 Å². The normalized spacial score (nSPS) is 11.0. The average Bonchev–Trinajstić information content (AvgIpc) is 2.37. The summed E-state index contributed by atoms with van der Waals surface area (Å²) in [6.45, 7) is -0.322. The Hall–Kier alpha value is -1.67. The minimum Gasteiger partial charge on any atom is -0.347 e. The molecular weight excluding hydrogens is 323 g/mol. The SMILES string of the molecule is CS(=O)(=O)CCC(=O)NCC(=O)Nc1ccc(F)c(Cl)c1. The van der Waals surface area contributed by atoms with E-state index in [0.717, 1.165) is 12.3 Å². The van der Waals surface area contributed by atoms with E-state index in [9.17, 15) is 22.4 Å². The van der Waals surface area contributed by atoms with Gasteiger partial charge in [0.2, 0.25) is 11.8 Å². The summed E-state index contributed by atoms with van der Waals surface area (Å²) in [6, 6.07) is 3.66. The highest BCUT2D eigenvalue weighted by molar-refractivity contribution is 7.90. The summed E-state index contributed by atoms with van der Waals surface area (Å²) in [7, 11) is -3.23. The van der Waals surface area contributed by atoms with Crippen LogP contribution in [0.15, 0.2) is 18.2 Å². The molecule has 1 rings (SSSR count). The Bertz CT molecular complexity index is 649. The van der Waals surface area contributed by atoms with Crippen molar-refractivity contribution in [3.8, 4) is 0 Å². The van der Waals surface area contributed by atoms with Gasteiger partial charge < -0.3 is 10.6 Å². The Morgan fingerprint density at radius 1 is 1.29 bits per heavy atom. The van der Waals surface area contributed by atoms with E-state index in [-0.39, 0.29) is 29.4 Å². The van der Waals surface area contributed by atoms with Gasteiger partial charge in [0.05, 0.1) is 17.3 Å². The van der Waals surface area contributed by atoms with Crippen LogP contribution in [0.2, 0.25) is 5.02 Å². The van der Waals surface area contributed by atoms with Crippen LogP contribution >= 0.6 is 11.6 Å². The van der Waals surface area contributed by atoms with Crippen LogP contribution in [0.4, 0.5) is 10.1 Å². The largest absolute Gasteiger partial charge is 0.347 e. The molecule has 0 fully saturated rings. The molecule has 2 amide bonds. The Morgan fingerprint density at radius 3 is 2.52 bits per heavy atom. The number of benzene rings is 1. The van der Waals surface area contributed by atoms with Gasteiger partial charge in [0.15, 0.2) is 0 Å². The molecule has 0 saturated heterocycles. The molecule has 0 saturated carbocycles. The molecule has 0 bridgehead atoms. The standard InChI is InChI=1S/C12H14ClFN2O4S/c1-21(19,20)5-4-11(17)15-7-12(18)16-8-2-3-10(14)9(13)6-8/h2-3,6H,4-5,7H2,1H3,(H,15,17)(H,16,18). The highest BCUT2D eigenvalue weighted by Gasteiger charge is 2.10. The monoisotopic (exact) mass is 336 g/mol. The lowest BCUT2D eigenvalue weighted by Gasteiger charge is -2.07. The van der Waals surface area contributed by atoms with Gasteiger partial charge in [-0.25, -0.2) is 12.8 Å². The van der Waals surface area contributed by atoms with Gasteiger partial charge in [0, 0.05) is 18.4 Å². The molecule has 0 aliphatic heterocycles. The zero-order valence-corrected chi connectivity index (χ0v) is 12.7. The number of carbonyl (C=O) groups is 2. The van der Waals surface area contributed by atoms with Gasteiger partial charge >= 0.3 is 0 Å². The smallest absolute Gasteiger partial charge is 0.243 e. The number of amides is 2. The fourth-order valence-electron chi connectivity index (χ4n) is 1.32. The van der Waals surface area contributed by atoms with E-state index in [1.54, 1.807) is 0 Å². The number of anilines is 1. The van der Waals surface area contributed by atoms with Crippen LogP contribution in [0.3, 0.4) is 0 Å². The number of halogens is 2. The van der Waals surface area contributed by atoms with E-state index >= 15 is 0 Å². The van der Waals surface area contributed by atoms with Crippen LogP contribution in [-0.4, -0.2) is 38.8 Å². The van der Waals surface area contributed by atoms with Gasteiger partial charge in [-0.3, -0.25) is 9.59 Å². The molecule has 0 atom stereocenters. The number of rotatable bonds is 6. The van der Waals surface area contributed by atoms with Crippen LogP contribution < -0.4 is 10.6 Å². The Labute approximate surface area is 126 Å². The second-order valence-electron chi connectivity index (χ2n) is 4.33. The number of sulfone groups is 1. The van der Waals surface area contributed by atoms with Crippen molar-refractivity contribution in [2.45, 2.75) is 6.42 Å². The van der Waals surface area contributed by atoms with Gasteiger partial charge in [0.25, 0.3) is 0 Å². The maximum atomic E-state index is 12.9.